The number of hydrogen-bond acceptors (Lipinski definition) is 2. The maximum Gasteiger partial charge on any atom is 0.0988 e. The van der Waals surface area contributed by atoms with Gasteiger partial charge in [0.2, 0.25) is 0 Å². The zero-order valence-electron chi connectivity index (χ0n) is 11.6. The lowest BCUT2D eigenvalue weighted by Gasteiger charge is -2.35. The zero-order chi connectivity index (χ0) is 12.8. The minimum absolute atomic E-state index is 0.454. The fraction of sp³-hybridized carbons (Fsp3) is 0.750. The van der Waals surface area contributed by atoms with Gasteiger partial charge < -0.3 is 5.11 Å². The minimum atomic E-state index is -0.454. The lowest BCUT2D eigenvalue weighted by Crippen LogP contribution is -2.32. The molecule has 1 aromatic heterocycles. The SMILES string of the molecule is CCCCCCCCc1csc(C2(O)CCC2)c1. The molecular weight excluding hydrogens is 240 g/mol. The summed E-state index contributed by atoms with van der Waals surface area (Å²) in [6.07, 6.45) is 12.4. The van der Waals surface area contributed by atoms with E-state index in [1.807, 2.05) is 0 Å². The number of aryl methyl sites for hydroxylation is 1. The number of thiophene rings is 1. The van der Waals surface area contributed by atoms with Crippen LogP contribution in [0.2, 0.25) is 0 Å². The number of hydrogen-bond donors (Lipinski definition) is 1. The molecule has 102 valence electrons. The standard InChI is InChI=1S/C16H26OS/c1-2-3-4-5-6-7-9-14-12-15(18-13-14)16(17)10-8-11-16/h12-13,17H,2-11H2,1H3. The molecule has 1 aliphatic carbocycles. The van der Waals surface area contributed by atoms with Crippen LogP contribution < -0.4 is 0 Å². The maximum absolute atomic E-state index is 10.3. The summed E-state index contributed by atoms with van der Waals surface area (Å²) in [6.45, 7) is 2.26. The average Bonchev–Trinajstić information content (AvgIpc) is 2.80. The van der Waals surface area contributed by atoms with Crippen molar-refractivity contribution in [3.8, 4) is 0 Å². The largest absolute Gasteiger partial charge is 0.384 e. The van der Waals surface area contributed by atoms with Crippen LogP contribution in [-0.4, -0.2) is 5.11 Å². The molecule has 0 atom stereocenters. The molecule has 0 unspecified atom stereocenters. The van der Waals surface area contributed by atoms with E-state index in [4.69, 9.17) is 0 Å². The van der Waals surface area contributed by atoms with Gasteiger partial charge in [-0.15, -0.1) is 11.3 Å². The van der Waals surface area contributed by atoms with Gasteiger partial charge in [-0.05, 0) is 49.1 Å². The second kappa shape index (κ2) is 6.72. The van der Waals surface area contributed by atoms with E-state index in [9.17, 15) is 5.11 Å². The van der Waals surface area contributed by atoms with Gasteiger partial charge in [-0.1, -0.05) is 39.0 Å². The Kier molecular flexibility index (Phi) is 5.25. The molecule has 0 amide bonds. The topological polar surface area (TPSA) is 20.2 Å². The van der Waals surface area contributed by atoms with Crippen LogP contribution in [0.5, 0.6) is 0 Å². The monoisotopic (exact) mass is 266 g/mol. The van der Waals surface area contributed by atoms with Crippen molar-refractivity contribution in [2.45, 2.75) is 76.7 Å². The van der Waals surface area contributed by atoms with Crippen molar-refractivity contribution in [1.82, 2.24) is 0 Å². The first-order valence-electron chi connectivity index (χ1n) is 7.55. The molecule has 1 aliphatic rings. The van der Waals surface area contributed by atoms with E-state index in [1.54, 1.807) is 11.3 Å². The molecule has 1 nitrogen and oxygen atoms in total. The Balaban J connectivity index is 1.67. The fourth-order valence-electron chi connectivity index (χ4n) is 2.62. The Hall–Kier alpha value is -0.340. The van der Waals surface area contributed by atoms with Crippen molar-refractivity contribution >= 4 is 11.3 Å². The molecule has 1 heterocycles. The highest BCUT2D eigenvalue weighted by Gasteiger charge is 2.37. The van der Waals surface area contributed by atoms with Gasteiger partial charge in [0.05, 0.1) is 5.60 Å². The van der Waals surface area contributed by atoms with Gasteiger partial charge in [-0.25, -0.2) is 0 Å². The van der Waals surface area contributed by atoms with Crippen LogP contribution >= 0.6 is 11.3 Å². The molecule has 0 aromatic carbocycles. The molecule has 1 saturated carbocycles. The van der Waals surface area contributed by atoms with E-state index < -0.39 is 5.60 Å². The Morgan fingerprint density at radius 2 is 1.89 bits per heavy atom. The molecule has 1 aromatic rings. The molecule has 2 heteroatoms. The maximum atomic E-state index is 10.3. The predicted octanol–water partition coefficient (Wildman–Crippen LogP) is 5.02. The van der Waals surface area contributed by atoms with Crippen LogP contribution in [0.3, 0.4) is 0 Å². The first-order chi connectivity index (χ1) is 8.74. The second-order valence-corrected chi connectivity index (χ2v) is 6.63. The predicted molar refractivity (Wildman–Crippen MR) is 79.1 cm³/mol. The quantitative estimate of drug-likeness (QED) is 0.655. The van der Waals surface area contributed by atoms with Crippen LogP contribution in [0.4, 0.5) is 0 Å². The van der Waals surface area contributed by atoms with E-state index in [0.717, 1.165) is 12.8 Å². The van der Waals surface area contributed by atoms with Gasteiger partial charge >= 0.3 is 0 Å². The summed E-state index contributed by atoms with van der Waals surface area (Å²) in [5, 5.41) is 12.5. The number of aliphatic hydroxyl groups is 1. The average molecular weight is 266 g/mol. The Bertz CT molecular complexity index is 352. The molecule has 1 N–H and O–H groups in total. The molecule has 0 aliphatic heterocycles. The molecule has 0 bridgehead atoms. The van der Waals surface area contributed by atoms with Crippen molar-refractivity contribution in [1.29, 1.82) is 0 Å². The van der Waals surface area contributed by atoms with Gasteiger partial charge in [-0.3, -0.25) is 0 Å². The van der Waals surface area contributed by atoms with Crippen molar-refractivity contribution in [2.75, 3.05) is 0 Å². The van der Waals surface area contributed by atoms with Gasteiger partial charge in [0.1, 0.15) is 0 Å². The lowest BCUT2D eigenvalue weighted by molar-refractivity contribution is -0.0354. The van der Waals surface area contributed by atoms with Crippen molar-refractivity contribution in [2.24, 2.45) is 0 Å². The molecule has 0 radical (unpaired) electrons. The summed E-state index contributed by atoms with van der Waals surface area (Å²) < 4.78 is 0. The zero-order valence-corrected chi connectivity index (χ0v) is 12.4. The third kappa shape index (κ3) is 3.58. The first kappa shape index (κ1) is 14.1. The van der Waals surface area contributed by atoms with Crippen LogP contribution in [0.1, 0.15) is 75.2 Å². The van der Waals surface area contributed by atoms with Crippen LogP contribution in [0.25, 0.3) is 0 Å². The van der Waals surface area contributed by atoms with Crippen molar-refractivity contribution in [3.63, 3.8) is 0 Å². The van der Waals surface area contributed by atoms with Crippen molar-refractivity contribution in [3.05, 3.63) is 21.9 Å². The summed E-state index contributed by atoms with van der Waals surface area (Å²) in [5.74, 6) is 0. The van der Waals surface area contributed by atoms with Crippen LogP contribution in [-0.2, 0) is 12.0 Å². The van der Waals surface area contributed by atoms with E-state index in [2.05, 4.69) is 18.4 Å². The van der Waals surface area contributed by atoms with Gasteiger partial charge in [0, 0.05) is 4.88 Å². The summed E-state index contributed by atoms with van der Waals surface area (Å²) in [4.78, 5) is 1.20. The molecule has 1 fully saturated rings. The first-order valence-corrected chi connectivity index (χ1v) is 8.43. The number of unbranched alkanes of at least 4 members (excludes halogenated alkanes) is 5. The molecule has 0 saturated heterocycles. The summed E-state index contributed by atoms with van der Waals surface area (Å²) in [7, 11) is 0. The molecule has 18 heavy (non-hydrogen) atoms. The normalized spacial score (nSPS) is 17.7. The Labute approximate surface area is 115 Å². The highest BCUT2D eigenvalue weighted by atomic mass is 32.1. The van der Waals surface area contributed by atoms with Crippen LogP contribution in [0.15, 0.2) is 11.4 Å². The third-order valence-corrected chi connectivity index (χ3v) is 5.28. The summed E-state index contributed by atoms with van der Waals surface area (Å²) in [5.41, 5.74) is 0.982. The minimum Gasteiger partial charge on any atom is -0.384 e. The Morgan fingerprint density at radius 1 is 1.17 bits per heavy atom. The highest BCUT2D eigenvalue weighted by molar-refractivity contribution is 7.10. The van der Waals surface area contributed by atoms with E-state index in [-0.39, 0.29) is 0 Å². The van der Waals surface area contributed by atoms with E-state index in [1.165, 1.54) is 61.8 Å². The Morgan fingerprint density at radius 3 is 2.56 bits per heavy atom. The van der Waals surface area contributed by atoms with Gasteiger partial charge in [-0.2, -0.15) is 0 Å². The lowest BCUT2D eigenvalue weighted by atomic mass is 9.79. The molecular formula is C16H26OS. The van der Waals surface area contributed by atoms with E-state index >= 15 is 0 Å². The summed E-state index contributed by atoms with van der Waals surface area (Å²) in [6, 6.07) is 2.25. The summed E-state index contributed by atoms with van der Waals surface area (Å²) >= 11 is 1.75. The second-order valence-electron chi connectivity index (χ2n) is 5.72. The van der Waals surface area contributed by atoms with Crippen LogP contribution in [0, 0.1) is 0 Å². The van der Waals surface area contributed by atoms with Gasteiger partial charge in [0.15, 0.2) is 0 Å². The van der Waals surface area contributed by atoms with E-state index in [0.29, 0.717) is 0 Å². The molecule has 0 spiro atoms. The fourth-order valence-corrected chi connectivity index (χ4v) is 3.73. The third-order valence-electron chi connectivity index (χ3n) is 4.11. The molecule has 2 rings (SSSR count). The van der Waals surface area contributed by atoms with Crippen molar-refractivity contribution < 1.29 is 5.11 Å². The number of rotatable bonds is 8. The van der Waals surface area contributed by atoms with Gasteiger partial charge in [0.25, 0.3) is 0 Å². The smallest absolute Gasteiger partial charge is 0.0988 e. The highest BCUT2D eigenvalue weighted by Crippen LogP contribution is 2.43.